The standard InChI is InChI=1S/C18H26BrNO/c1-5-16(19)11-14-6-7-17-15(10-14)9-13(4)20(17)18(21)8-12(2)3/h6-7,10,12-13,16H,5,8-9,11H2,1-4H3. The van der Waals surface area contributed by atoms with Crippen molar-refractivity contribution in [3.8, 4) is 0 Å². The molecule has 2 atom stereocenters. The smallest absolute Gasteiger partial charge is 0.227 e. The van der Waals surface area contributed by atoms with Crippen molar-refractivity contribution in [2.24, 2.45) is 5.92 Å². The maximum atomic E-state index is 12.5. The third-order valence-corrected chi connectivity index (χ3v) is 5.08. The third-order valence-electron chi connectivity index (χ3n) is 4.11. The van der Waals surface area contributed by atoms with Crippen LogP contribution in [0.3, 0.4) is 0 Å². The summed E-state index contributed by atoms with van der Waals surface area (Å²) < 4.78 is 0. The van der Waals surface area contributed by atoms with Crippen molar-refractivity contribution in [2.75, 3.05) is 4.90 Å². The van der Waals surface area contributed by atoms with E-state index in [0.717, 1.165) is 24.9 Å². The minimum atomic E-state index is 0.260. The lowest BCUT2D eigenvalue weighted by atomic mass is 10.0. The van der Waals surface area contributed by atoms with E-state index < -0.39 is 0 Å². The Morgan fingerprint density at radius 3 is 2.76 bits per heavy atom. The van der Waals surface area contributed by atoms with Crippen LogP contribution in [0, 0.1) is 5.92 Å². The first-order valence-corrected chi connectivity index (χ1v) is 8.91. The van der Waals surface area contributed by atoms with Crippen molar-refractivity contribution in [2.45, 2.75) is 64.2 Å². The highest BCUT2D eigenvalue weighted by Gasteiger charge is 2.31. The molecule has 2 rings (SSSR count). The molecule has 0 radical (unpaired) electrons. The van der Waals surface area contributed by atoms with Crippen LogP contribution >= 0.6 is 15.9 Å². The molecule has 0 saturated heterocycles. The molecule has 2 unspecified atom stereocenters. The summed E-state index contributed by atoms with van der Waals surface area (Å²) in [6, 6.07) is 6.89. The van der Waals surface area contributed by atoms with Crippen molar-refractivity contribution in [3.05, 3.63) is 29.3 Å². The molecule has 3 heteroatoms. The maximum absolute atomic E-state index is 12.5. The van der Waals surface area contributed by atoms with E-state index >= 15 is 0 Å². The highest BCUT2D eigenvalue weighted by molar-refractivity contribution is 9.09. The van der Waals surface area contributed by atoms with Crippen molar-refractivity contribution in [3.63, 3.8) is 0 Å². The van der Waals surface area contributed by atoms with E-state index in [0.29, 0.717) is 17.2 Å². The Morgan fingerprint density at radius 1 is 1.43 bits per heavy atom. The van der Waals surface area contributed by atoms with Gasteiger partial charge in [0, 0.05) is 23.0 Å². The van der Waals surface area contributed by atoms with Gasteiger partial charge in [-0.15, -0.1) is 0 Å². The van der Waals surface area contributed by atoms with E-state index in [1.165, 1.54) is 11.1 Å². The summed E-state index contributed by atoms with van der Waals surface area (Å²) in [5.41, 5.74) is 3.82. The van der Waals surface area contributed by atoms with Crippen LogP contribution in [0.1, 0.15) is 51.7 Å². The molecule has 1 aliphatic heterocycles. The Balaban J connectivity index is 2.20. The molecular weight excluding hydrogens is 326 g/mol. The van der Waals surface area contributed by atoms with Gasteiger partial charge in [0.25, 0.3) is 0 Å². The van der Waals surface area contributed by atoms with Crippen molar-refractivity contribution < 1.29 is 4.79 Å². The number of anilines is 1. The second kappa shape index (κ2) is 6.95. The molecule has 2 nitrogen and oxygen atoms in total. The van der Waals surface area contributed by atoms with Gasteiger partial charge in [0.2, 0.25) is 5.91 Å². The quantitative estimate of drug-likeness (QED) is 0.702. The second-order valence-electron chi connectivity index (χ2n) is 6.59. The lowest BCUT2D eigenvalue weighted by Gasteiger charge is -2.23. The monoisotopic (exact) mass is 351 g/mol. The topological polar surface area (TPSA) is 20.3 Å². The third kappa shape index (κ3) is 3.88. The molecule has 0 fully saturated rings. The first-order valence-electron chi connectivity index (χ1n) is 8.00. The van der Waals surface area contributed by atoms with E-state index in [1.807, 2.05) is 4.90 Å². The number of carbonyl (C=O) groups excluding carboxylic acids is 1. The number of fused-ring (bicyclic) bond motifs is 1. The van der Waals surface area contributed by atoms with Crippen LogP contribution in [0.4, 0.5) is 5.69 Å². The van der Waals surface area contributed by atoms with Crippen molar-refractivity contribution >= 4 is 27.5 Å². The first kappa shape index (κ1) is 16.5. The average Bonchev–Trinajstić information content (AvgIpc) is 2.72. The number of hydrogen-bond donors (Lipinski definition) is 0. The molecule has 0 N–H and O–H groups in total. The number of halogens is 1. The maximum Gasteiger partial charge on any atom is 0.227 e. The van der Waals surface area contributed by atoms with Gasteiger partial charge in [-0.05, 0) is 49.3 Å². The fourth-order valence-electron chi connectivity index (χ4n) is 3.04. The molecular formula is C18H26BrNO. The zero-order valence-corrected chi connectivity index (χ0v) is 15.1. The second-order valence-corrected chi connectivity index (χ2v) is 7.88. The van der Waals surface area contributed by atoms with E-state index in [9.17, 15) is 4.79 Å². The number of rotatable bonds is 5. The van der Waals surface area contributed by atoms with E-state index in [4.69, 9.17) is 0 Å². The number of alkyl halides is 1. The van der Waals surface area contributed by atoms with Crippen LogP contribution in [-0.2, 0) is 17.6 Å². The zero-order valence-electron chi connectivity index (χ0n) is 13.5. The molecule has 0 aromatic heterocycles. The van der Waals surface area contributed by atoms with Crippen LogP contribution in [0.2, 0.25) is 0 Å². The van der Waals surface area contributed by atoms with Gasteiger partial charge in [0.05, 0.1) is 0 Å². The summed E-state index contributed by atoms with van der Waals surface area (Å²) >= 11 is 3.70. The number of carbonyl (C=O) groups is 1. The van der Waals surface area contributed by atoms with E-state index in [-0.39, 0.29) is 11.9 Å². The minimum Gasteiger partial charge on any atom is -0.309 e. The summed E-state index contributed by atoms with van der Waals surface area (Å²) in [5.74, 6) is 0.669. The Labute approximate surface area is 137 Å². The molecule has 1 heterocycles. The van der Waals surface area contributed by atoms with E-state index in [1.54, 1.807) is 0 Å². The predicted molar refractivity (Wildman–Crippen MR) is 93.3 cm³/mol. The summed E-state index contributed by atoms with van der Waals surface area (Å²) in [7, 11) is 0. The number of benzene rings is 1. The highest BCUT2D eigenvalue weighted by atomic mass is 79.9. The van der Waals surface area contributed by atoms with Crippen LogP contribution in [-0.4, -0.2) is 16.8 Å². The minimum absolute atomic E-state index is 0.260. The molecule has 1 aromatic carbocycles. The van der Waals surface area contributed by atoms with Crippen LogP contribution in [0.25, 0.3) is 0 Å². The molecule has 1 aromatic rings. The Bertz CT molecular complexity index is 512. The average molecular weight is 352 g/mol. The van der Waals surface area contributed by atoms with Gasteiger partial charge in [0.1, 0.15) is 0 Å². The predicted octanol–water partition coefficient (Wildman–Crippen LogP) is 4.73. The lowest BCUT2D eigenvalue weighted by molar-refractivity contribution is -0.119. The van der Waals surface area contributed by atoms with E-state index in [2.05, 4.69) is 61.8 Å². The largest absolute Gasteiger partial charge is 0.309 e. The SMILES string of the molecule is CCC(Br)Cc1ccc2c(c1)CC(C)N2C(=O)CC(C)C. The highest BCUT2D eigenvalue weighted by Crippen LogP contribution is 2.34. The van der Waals surface area contributed by atoms with Gasteiger partial charge in [-0.3, -0.25) is 4.79 Å². The Hall–Kier alpha value is -0.830. The summed E-state index contributed by atoms with van der Waals surface area (Å²) in [4.78, 5) is 15.0. The fraction of sp³-hybridized carbons (Fsp3) is 0.611. The molecule has 1 aliphatic rings. The van der Waals surface area contributed by atoms with Gasteiger partial charge in [-0.25, -0.2) is 0 Å². The van der Waals surface area contributed by atoms with Crippen molar-refractivity contribution in [1.29, 1.82) is 0 Å². The summed E-state index contributed by atoms with van der Waals surface area (Å²) in [6.07, 6.45) is 3.79. The fourth-order valence-corrected chi connectivity index (χ4v) is 3.41. The normalized spacial score (nSPS) is 19.0. The molecule has 0 saturated carbocycles. The molecule has 0 spiro atoms. The molecule has 1 amide bonds. The van der Waals surface area contributed by atoms with Gasteiger partial charge in [-0.2, -0.15) is 0 Å². The van der Waals surface area contributed by atoms with Gasteiger partial charge >= 0.3 is 0 Å². The van der Waals surface area contributed by atoms with Gasteiger partial charge in [-0.1, -0.05) is 48.8 Å². The molecule has 116 valence electrons. The van der Waals surface area contributed by atoms with Gasteiger partial charge in [0.15, 0.2) is 0 Å². The molecule has 21 heavy (non-hydrogen) atoms. The zero-order chi connectivity index (χ0) is 15.6. The summed E-state index contributed by atoms with van der Waals surface area (Å²) in [5, 5.41) is 0. The number of nitrogens with zero attached hydrogens (tertiary/aromatic N) is 1. The Kier molecular flexibility index (Phi) is 5.48. The van der Waals surface area contributed by atoms with Crippen molar-refractivity contribution in [1.82, 2.24) is 0 Å². The van der Waals surface area contributed by atoms with Crippen LogP contribution in [0.5, 0.6) is 0 Å². The molecule has 0 aliphatic carbocycles. The Morgan fingerprint density at radius 2 is 2.14 bits per heavy atom. The van der Waals surface area contributed by atoms with Gasteiger partial charge < -0.3 is 4.90 Å². The number of hydrogen-bond acceptors (Lipinski definition) is 1. The van der Waals surface area contributed by atoms with Crippen LogP contribution in [0.15, 0.2) is 18.2 Å². The van der Waals surface area contributed by atoms with Crippen LogP contribution < -0.4 is 4.90 Å². The summed E-state index contributed by atoms with van der Waals surface area (Å²) in [6.45, 7) is 8.55. The first-order chi connectivity index (χ1) is 9.92. The lowest BCUT2D eigenvalue weighted by Crippen LogP contribution is -2.36. The number of amides is 1. The molecule has 0 bridgehead atoms.